The fourth-order valence-electron chi connectivity index (χ4n) is 1.99. The molecule has 0 radical (unpaired) electrons. The van der Waals surface area contributed by atoms with Crippen LogP contribution in [0.25, 0.3) is 0 Å². The molecule has 104 valence electrons. The Morgan fingerprint density at radius 3 is 2.45 bits per heavy atom. The molecule has 1 N–H and O–H groups in total. The van der Waals surface area contributed by atoms with Crippen molar-refractivity contribution >= 4 is 11.6 Å². The van der Waals surface area contributed by atoms with Gasteiger partial charge in [-0.1, -0.05) is 25.1 Å². The quantitative estimate of drug-likeness (QED) is 0.927. The summed E-state index contributed by atoms with van der Waals surface area (Å²) >= 11 is 0. The van der Waals surface area contributed by atoms with Gasteiger partial charge in [0.15, 0.2) is 0 Å². The van der Waals surface area contributed by atoms with Crippen molar-refractivity contribution in [1.29, 1.82) is 0 Å². The molecule has 20 heavy (non-hydrogen) atoms. The zero-order valence-corrected chi connectivity index (χ0v) is 11.7. The SMILES string of the molecule is CCc1ccc(NC(=O)Cn2c(C)cccc2=O)cc1. The van der Waals surface area contributed by atoms with Crippen LogP contribution in [0.15, 0.2) is 47.3 Å². The molecule has 4 heteroatoms. The van der Waals surface area contributed by atoms with Gasteiger partial charge >= 0.3 is 0 Å². The lowest BCUT2D eigenvalue weighted by Gasteiger charge is -2.10. The highest BCUT2D eigenvalue weighted by Gasteiger charge is 2.06. The van der Waals surface area contributed by atoms with Crippen molar-refractivity contribution in [1.82, 2.24) is 4.57 Å². The molecule has 0 bridgehead atoms. The number of amides is 1. The van der Waals surface area contributed by atoms with Crippen molar-refractivity contribution in [3.63, 3.8) is 0 Å². The van der Waals surface area contributed by atoms with Crippen LogP contribution in [0.1, 0.15) is 18.2 Å². The molecular formula is C16H18N2O2. The lowest BCUT2D eigenvalue weighted by Crippen LogP contribution is -2.28. The summed E-state index contributed by atoms with van der Waals surface area (Å²) in [6.07, 6.45) is 0.965. The summed E-state index contributed by atoms with van der Waals surface area (Å²) in [6.45, 7) is 3.92. The van der Waals surface area contributed by atoms with E-state index in [0.29, 0.717) is 0 Å². The van der Waals surface area contributed by atoms with Crippen LogP contribution in [0.3, 0.4) is 0 Å². The average molecular weight is 270 g/mol. The number of rotatable bonds is 4. The third-order valence-corrected chi connectivity index (χ3v) is 3.22. The number of hydrogen-bond donors (Lipinski definition) is 1. The van der Waals surface area contributed by atoms with Crippen molar-refractivity contribution in [2.24, 2.45) is 0 Å². The maximum atomic E-state index is 12.0. The maximum absolute atomic E-state index is 12.0. The molecule has 0 aliphatic rings. The van der Waals surface area contributed by atoms with Gasteiger partial charge in [0, 0.05) is 17.4 Å². The molecule has 2 aromatic rings. The van der Waals surface area contributed by atoms with Gasteiger partial charge in [0.05, 0.1) is 0 Å². The number of aromatic nitrogens is 1. The zero-order valence-electron chi connectivity index (χ0n) is 11.7. The van der Waals surface area contributed by atoms with Crippen molar-refractivity contribution in [2.75, 3.05) is 5.32 Å². The second kappa shape index (κ2) is 6.19. The standard InChI is InChI=1S/C16H18N2O2/c1-3-13-7-9-14(10-8-13)17-15(19)11-18-12(2)5-4-6-16(18)20/h4-10H,3,11H2,1-2H3,(H,17,19). The van der Waals surface area contributed by atoms with E-state index in [9.17, 15) is 9.59 Å². The van der Waals surface area contributed by atoms with Crippen molar-refractivity contribution in [3.05, 3.63) is 64.1 Å². The number of aryl methyl sites for hydroxylation is 2. The summed E-state index contributed by atoms with van der Waals surface area (Å²) < 4.78 is 1.45. The Morgan fingerprint density at radius 1 is 1.15 bits per heavy atom. The number of hydrogen-bond acceptors (Lipinski definition) is 2. The van der Waals surface area contributed by atoms with Gasteiger partial charge in [0.2, 0.25) is 5.91 Å². The summed E-state index contributed by atoms with van der Waals surface area (Å²) in [7, 11) is 0. The second-order valence-electron chi connectivity index (χ2n) is 4.69. The molecule has 0 unspecified atom stereocenters. The summed E-state index contributed by atoms with van der Waals surface area (Å²) in [5, 5.41) is 2.80. The third-order valence-electron chi connectivity index (χ3n) is 3.22. The highest BCUT2D eigenvalue weighted by atomic mass is 16.2. The van der Waals surface area contributed by atoms with Crippen LogP contribution < -0.4 is 10.9 Å². The highest BCUT2D eigenvalue weighted by molar-refractivity contribution is 5.90. The van der Waals surface area contributed by atoms with E-state index in [0.717, 1.165) is 17.8 Å². The topological polar surface area (TPSA) is 51.1 Å². The maximum Gasteiger partial charge on any atom is 0.251 e. The van der Waals surface area contributed by atoms with Crippen LogP contribution in [0.4, 0.5) is 5.69 Å². The Labute approximate surface area is 118 Å². The van der Waals surface area contributed by atoms with Gasteiger partial charge < -0.3 is 9.88 Å². The van der Waals surface area contributed by atoms with Crippen LogP contribution in [-0.2, 0) is 17.8 Å². The molecule has 2 rings (SSSR count). The predicted molar refractivity (Wildman–Crippen MR) is 79.9 cm³/mol. The monoisotopic (exact) mass is 270 g/mol. The van der Waals surface area contributed by atoms with E-state index in [1.54, 1.807) is 6.07 Å². The Hall–Kier alpha value is -2.36. The van der Waals surface area contributed by atoms with Crippen LogP contribution in [-0.4, -0.2) is 10.5 Å². The Balaban J connectivity index is 2.07. The number of pyridine rings is 1. The minimum Gasteiger partial charge on any atom is -0.325 e. The van der Waals surface area contributed by atoms with E-state index >= 15 is 0 Å². The summed E-state index contributed by atoms with van der Waals surface area (Å²) in [5.41, 5.74) is 2.57. The van der Waals surface area contributed by atoms with Crippen LogP contribution in [0.5, 0.6) is 0 Å². The van der Waals surface area contributed by atoms with E-state index in [2.05, 4.69) is 12.2 Å². The molecule has 0 saturated heterocycles. The van der Waals surface area contributed by atoms with Crippen molar-refractivity contribution in [2.45, 2.75) is 26.8 Å². The first-order chi connectivity index (χ1) is 9.60. The first-order valence-corrected chi connectivity index (χ1v) is 6.65. The molecule has 0 fully saturated rings. The third kappa shape index (κ3) is 3.35. The van der Waals surface area contributed by atoms with Gasteiger partial charge in [-0.3, -0.25) is 9.59 Å². The Morgan fingerprint density at radius 2 is 1.85 bits per heavy atom. The number of nitrogens with zero attached hydrogens (tertiary/aromatic N) is 1. The second-order valence-corrected chi connectivity index (χ2v) is 4.69. The molecular weight excluding hydrogens is 252 g/mol. The smallest absolute Gasteiger partial charge is 0.251 e. The fourth-order valence-corrected chi connectivity index (χ4v) is 1.99. The summed E-state index contributed by atoms with van der Waals surface area (Å²) in [5.74, 6) is -0.203. The van der Waals surface area contributed by atoms with Gasteiger partial charge in [-0.15, -0.1) is 0 Å². The Bertz CT molecular complexity index is 657. The first kappa shape index (κ1) is 14.1. The normalized spacial score (nSPS) is 10.3. The molecule has 0 spiro atoms. The van der Waals surface area contributed by atoms with Crippen LogP contribution >= 0.6 is 0 Å². The minimum atomic E-state index is -0.203. The van der Waals surface area contributed by atoms with Crippen molar-refractivity contribution < 1.29 is 4.79 Å². The fraction of sp³-hybridized carbons (Fsp3) is 0.250. The van der Waals surface area contributed by atoms with Crippen LogP contribution in [0, 0.1) is 6.92 Å². The number of benzene rings is 1. The van der Waals surface area contributed by atoms with E-state index < -0.39 is 0 Å². The number of anilines is 1. The molecule has 0 aliphatic carbocycles. The van der Waals surface area contributed by atoms with E-state index in [-0.39, 0.29) is 18.0 Å². The molecule has 1 amide bonds. The molecule has 0 saturated carbocycles. The van der Waals surface area contributed by atoms with E-state index in [1.807, 2.05) is 37.3 Å². The number of nitrogens with one attached hydrogen (secondary N) is 1. The molecule has 1 heterocycles. The average Bonchev–Trinajstić information content (AvgIpc) is 2.44. The van der Waals surface area contributed by atoms with Gasteiger partial charge in [-0.05, 0) is 37.1 Å². The minimum absolute atomic E-state index is 0.0288. The number of carbonyl (C=O) groups excluding carboxylic acids is 1. The Kier molecular flexibility index (Phi) is 4.35. The predicted octanol–water partition coefficient (Wildman–Crippen LogP) is 2.36. The van der Waals surface area contributed by atoms with Crippen molar-refractivity contribution in [3.8, 4) is 0 Å². The van der Waals surface area contributed by atoms with Gasteiger partial charge in [0.1, 0.15) is 6.54 Å². The van der Waals surface area contributed by atoms with E-state index in [1.165, 1.54) is 16.2 Å². The van der Waals surface area contributed by atoms with Gasteiger partial charge in [-0.25, -0.2) is 0 Å². The molecule has 0 aliphatic heterocycles. The van der Waals surface area contributed by atoms with Gasteiger partial charge in [-0.2, -0.15) is 0 Å². The summed E-state index contributed by atoms with van der Waals surface area (Å²) in [6, 6.07) is 12.7. The first-order valence-electron chi connectivity index (χ1n) is 6.65. The number of carbonyl (C=O) groups is 1. The van der Waals surface area contributed by atoms with Gasteiger partial charge in [0.25, 0.3) is 5.56 Å². The molecule has 4 nitrogen and oxygen atoms in total. The summed E-state index contributed by atoms with van der Waals surface area (Å²) in [4.78, 5) is 23.7. The molecule has 1 aromatic heterocycles. The van der Waals surface area contributed by atoms with E-state index in [4.69, 9.17) is 0 Å². The lowest BCUT2D eigenvalue weighted by molar-refractivity contribution is -0.116. The highest BCUT2D eigenvalue weighted by Crippen LogP contribution is 2.10. The van der Waals surface area contributed by atoms with Crippen LogP contribution in [0.2, 0.25) is 0 Å². The lowest BCUT2D eigenvalue weighted by atomic mass is 10.1. The molecule has 1 aromatic carbocycles. The zero-order chi connectivity index (χ0) is 14.5. The largest absolute Gasteiger partial charge is 0.325 e. The molecule has 0 atom stereocenters.